The minimum Gasteiger partial charge on any atom is -0.393 e. The molecule has 0 amide bonds. The first-order valence-electron chi connectivity index (χ1n) is 6.45. The highest BCUT2D eigenvalue weighted by molar-refractivity contribution is 5.32. The molecule has 1 aromatic carbocycles. The van der Waals surface area contributed by atoms with Gasteiger partial charge in [-0.2, -0.15) is 13.2 Å². The van der Waals surface area contributed by atoms with Crippen LogP contribution in [0.15, 0.2) is 24.3 Å². The van der Waals surface area contributed by atoms with Crippen LogP contribution in [0.25, 0.3) is 0 Å². The summed E-state index contributed by atoms with van der Waals surface area (Å²) in [5.41, 5.74) is -0.307. The van der Waals surface area contributed by atoms with Gasteiger partial charge in [0, 0.05) is 6.04 Å². The Labute approximate surface area is 110 Å². The van der Waals surface area contributed by atoms with Crippen molar-refractivity contribution in [2.45, 2.75) is 38.1 Å². The van der Waals surface area contributed by atoms with Gasteiger partial charge in [-0.1, -0.05) is 18.2 Å². The fraction of sp³-hybridized carbons (Fsp3) is 0.571. The molecule has 2 nitrogen and oxygen atoms in total. The van der Waals surface area contributed by atoms with Crippen molar-refractivity contribution >= 4 is 0 Å². The van der Waals surface area contributed by atoms with Crippen LogP contribution >= 0.6 is 0 Å². The van der Waals surface area contributed by atoms with Crippen molar-refractivity contribution in [2.75, 3.05) is 6.54 Å². The predicted molar refractivity (Wildman–Crippen MR) is 66.6 cm³/mol. The van der Waals surface area contributed by atoms with Crippen LogP contribution < -0.4 is 5.32 Å². The van der Waals surface area contributed by atoms with Gasteiger partial charge < -0.3 is 10.4 Å². The maximum atomic E-state index is 12.9. The second-order valence-corrected chi connectivity index (χ2v) is 5.21. The lowest BCUT2D eigenvalue weighted by molar-refractivity contribution is -0.138. The van der Waals surface area contributed by atoms with Crippen LogP contribution in [0.1, 0.15) is 36.9 Å². The first-order valence-corrected chi connectivity index (χ1v) is 6.45. The van der Waals surface area contributed by atoms with Crippen LogP contribution in [-0.2, 0) is 6.18 Å². The maximum Gasteiger partial charge on any atom is 0.416 e. The van der Waals surface area contributed by atoms with Gasteiger partial charge >= 0.3 is 6.18 Å². The summed E-state index contributed by atoms with van der Waals surface area (Å²) in [4.78, 5) is 0. The standard InChI is InChI=1S/C14H18F3NO/c1-9(18-8-10-6-11(19)7-10)12-4-2-3-5-13(12)14(15,16)17/h2-5,9-11,18-19H,6-8H2,1H3. The molecule has 0 aliphatic heterocycles. The third kappa shape index (κ3) is 3.48. The minimum absolute atomic E-state index is 0.232. The van der Waals surface area contributed by atoms with Gasteiger partial charge in [0.05, 0.1) is 11.7 Å². The summed E-state index contributed by atoms with van der Waals surface area (Å²) in [6, 6.07) is 5.30. The molecule has 1 unspecified atom stereocenters. The minimum atomic E-state index is -4.32. The largest absolute Gasteiger partial charge is 0.416 e. The second kappa shape index (κ2) is 5.51. The summed E-state index contributed by atoms with van der Waals surface area (Å²) in [5, 5.41) is 12.3. The van der Waals surface area contributed by atoms with Gasteiger partial charge in [-0.05, 0) is 43.9 Å². The predicted octanol–water partition coefficient (Wildman–Crippen LogP) is 3.13. The van der Waals surface area contributed by atoms with E-state index >= 15 is 0 Å². The summed E-state index contributed by atoms with van der Waals surface area (Å²) < 4.78 is 38.6. The molecule has 2 rings (SSSR count). The van der Waals surface area contributed by atoms with Crippen LogP contribution in [-0.4, -0.2) is 17.8 Å². The van der Waals surface area contributed by atoms with Gasteiger partial charge in [0.15, 0.2) is 0 Å². The van der Waals surface area contributed by atoms with E-state index in [1.807, 2.05) is 0 Å². The maximum absolute atomic E-state index is 12.9. The molecule has 2 N–H and O–H groups in total. The molecule has 1 aliphatic carbocycles. The average Bonchev–Trinajstić information content (AvgIpc) is 2.32. The Balaban J connectivity index is 2.00. The van der Waals surface area contributed by atoms with Gasteiger partial charge in [0.2, 0.25) is 0 Å². The van der Waals surface area contributed by atoms with Crippen molar-refractivity contribution in [1.82, 2.24) is 5.32 Å². The van der Waals surface area contributed by atoms with Crippen LogP contribution in [0.5, 0.6) is 0 Å². The van der Waals surface area contributed by atoms with E-state index in [9.17, 15) is 18.3 Å². The zero-order chi connectivity index (χ0) is 14.0. The van der Waals surface area contributed by atoms with E-state index in [0.29, 0.717) is 12.5 Å². The fourth-order valence-electron chi connectivity index (χ4n) is 2.45. The average molecular weight is 273 g/mol. The summed E-state index contributed by atoms with van der Waals surface area (Å²) in [6.07, 6.45) is -3.08. The molecule has 0 heterocycles. The van der Waals surface area contributed by atoms with Crippen molar-refractivity contribution < 1.29 is 18.3 Å². The van der Waals surface area contributed by atoms with E-state index in [1.54, 1.807) is 13.0 Å². The van der Waals surface area contributed by atoms with Crippen molar-refractivity contribution in [3.8, 4) is 0 Å². The molecule has 19 heavy (non-hydrogen) atoms. The molecule has 1 atom stereocenters. The Morgan fingerprint density at radius 2 is 1.95 bits per heavy atom. The van der Waals surface area contributed by atoms with Crippen molar-refractivity contribution in [3.63, 3.8) is 0 Å². The SMILES string of the molecule is CC(NCC1CC(O)C1)c1ccccc1C(F)(F)F. The third-order valence-electron chi connectivity index (χ3n) is 3.66. The first-order chi connectivity index (χ1) is 8.88. The van der Waals surface area contributed by atoms with E-state index in [1.165, 1.54) is 12.1 Å². The highest BCUT2D eigenvalue weighted by atomic mass is 19.4. The van der Waals surface area contributed by atoms with Gasteiger partial charge in [-0.25, -0.2) is 0 Å². The zero-order valence-corrected chi connectivity index (χ0v) is 10.7. The lowest BCUT2D eigenvalue weighted by atomic mass is 9.82. The number of benzene rings is 1. The Bertz CT molecular complexity index is 427. The van der Waals surface area contributed by atoms with E-state index in [2.05, 4.69) is 5.32 Å². The van der Waals surface area contributed by atoms with E-state index in [4.69, 9.17) is 0 Å². The molecular formula is C14H18F3NO. The van der Waals surface area contributed by atoms with Crippen LogP contribution in [0.2, 0.25) is 0 Å². The Morgan fingerprint density at radius 1 is 1.32 bits per heavy atom. The lowest BCUT2D eigenvalue weighted by Gasteiger charge is -2.32. The fourth-order valence-corrected chi connectivity index (χ4v) is 2.45. The number of aliphatic hydroxyl groups excluding tert-OH is 1. The number of nitrogens with one attached hydrogen (secondary N) is 1. The number of hydrogen-bond donors (Lipinski definition) is 2. The molecule has 0 bridgehead atoms. The Hall–Kier alpha value is -1.07. The summed E-state index contributed by atoms with van der Waals surface area (Å²) in [7, 11) is 0. The molecule has 0 saturated heterocycles. The number of hydrogen-bond acceptors (Lipinski definition) is 2. The quantitative estimate of drug-likeness (QED) is 0.883. The monoisotopic (exact) mass is 273 g/mol. The van der Waals surface area contributed by atoms with Crippen molar-refractivity contribution in [3.05, 3.63) is 35.4 Å². The molecule has 1 saturated carbocycles. The highest BCUT2D eigenvalue weighted by Gasteiger charge is 2.34. The lowest BCUT2D eigenvalue weighted by Crippen LogP contribution is -2.37. The molecule has 5 heteroatoms. The third-order valence-corrected chi connectivity index (χ3v) is 3.66. The Kier molecular flexibility index (Phi) is 4.16. The van der Waals surface area contributed by atoms with Gasteiger partial charge in [-0.3, -0.25) is 0 Å². The topological polar surface area (TPSA) is 32.3 Å². The normalized spacial score (nSPS) is 24.9. The van der Waals surface area contributed by atoms with E-state index in [0.717, 1.165) is 18.9 Å². The molecule has 0 aromatic heterocycles. The molecule has 1 aliphatic rings. The summed E-state index contributed by atoms with van der Waals surface area (Å²) in [5.74, 6) is 0.371. The highest BCUT2D eigenvalue weighted by Crippen LogP contribution is 2.34. The molecule has 0 spiro atoms. The van der Waals surface area contributed by atoms with Crippen LogP contribution in [0, 0.1) is 5.92 Å². The summed E-state index contributed by atoms with van der Waals surface area (Å²) in [6.45, 7) is 2.38. The number of rotatable bonds is 4. The number of halogens is 3. The number of aliphatic hydroxyl groups is 1. The number of alkyl halides is 3. The molecule has 1 fully saturated rings. The van der Waals surface area contributed by atoms with Crippen LogP contribution in [0.4, 0.5) is 13.2 Å². The first kappa shape index (κ1) is 14.3. The van der Waals surface area contributed by atoms with Crippen molar-refractivity contribution in [2.24, 2.45) is 5.92 Å². The van der Waals surface area contributed by atoms with Crippen LogP contribution in [0.3, 0.4) is 0 Å². The van der Waals surface area contributed by atoms with Gasteiger partial charge in [-0.15, -0.1) is 0 Å². The zero-order valence-electron chi connectivity index (χ0n) is 10.7. The Morgan fingerprint density at radius 3 is 2.53 bits per heavy atom. The van der Waals surface area contributed by atoms with Gasteiger partial charge in [0.25, 0.3) is 0 Å². The van der Waals surface area contributed by atoms with E-state index < -0.39 is 11.7 Å². The molecule has 0 radical (unpaired) electrons. The van der Waals surface area contributed by atoms with Gasteiger partial charge in [0.1, 0.15) is 0 Å². The summed E-state index contributed by atoms with van der Waals surface area (Å²) >= 11 is 0. The second-order valence-electron chi connectivity index (χ2n) is 5.21. The molecule has 106 valence electrons. The smallest absolute Gasteiger partial charge is 0.393 e. The van der Waals surface area contributed by atoms with E-state index in [-0.39, 0.29) is 17.7 Å². The molecular weight excluding hydrogens is 255 g/mol. The van der Waals surface area contributed by atoms with Crippen molar-refractivity contribution in [1.29, 1.82) is 0 Å². The molecule has 1 aromatic rings.